The number of carboxylic acid groups (broad SMARTS) is 1. The molecule has 8 nitrogen and oxygen atoms in total. The number of para-hydroxylation sites is 1. The van der Waals surface area contributed by atoms with E-state index < -0.39 is 5.97 Å². The lowest BCUT2D eigenvalue weighted by atomic mass is 10.2. The molecule has 0 bridgehead atoms. The maximum Gasteiger partial charge on any atom is 0.335 e. The molecule has 122 valence electrons. The molecule has 4 aromatic rings. The predicted octanol–water partition coefficient (Wildman–Crippen LogP) is 2.65. The number of aromatic nitrogens is 5. The topological polar surface area (TPSA) is 106 Å². The smallest absolute Gasteiger partial charge is 0.335 e. The van der Waals surface area contributed by atoms with Crippen molar-refractivity contribution in [2.75, 3.05) is 5.32 Å². The second-order valence-electron chi connectivity index (χ2n) is 5.25. The molecule has 0 spiro atoms. The minimum absolute atomic E-state index is 0.182. The van der Waals surface area contributed by atoms with E-state index in [9.17, 15) is 4.79 Å². The van der Waals surface area contributed by atoms with Gasteiger partial charge in [-0.2, -0.15) is 9.67 Å². The van der Waals surface area contributed by atoms with Gasteiger partial charge in [-0.3, -0.25) is 0 Å². The zero-order chi connectivity index (χ0) is 17.2. The van der Waals surface area contributed by atoms with E-state index >= 15 is 0 Å². The predicted molar refractivity (Wildman–Crippen MR) is 91.1 cm³/mol. The van der Waals surface area contributed by atoms with E-state index in [1.807, 2.05) is 30.3 Å². The van der Waals surface area contributed by atoms with Gasteiger partial charge >= 0.3 is 5.97 Å². The van der Waals surface area contributed by atoms with Crippen LogP contribution in [-0.2, 0) is 0 Å². The first-order chi connectivity index (χ1) is 12.2. The van der Waals surface area contributed by atoms with Crippen molar-refractivity contribution in [2.45, 2.75) is 0 Å². The van der Waals surface area contributed by atoms with Crippen LogP contribution >= 0.6 is 0 Å². The molecule has 0 fully saturated rings. The minimum Gasteiger partial charge on any atom is -0.478 e. The summed E-state index contributed by atoms with van der Waals surface area (Å²) in [6.07, 6.45) is 1.57. The van der Waals surface area contributed by atoms with Gasteiger partial charge in [-0.25, -0.2) is 9.78 Å². The molecule has 25 heavy (non-hydrogen) atoms. The van der Waals surface area contributed by atoms with Crippen molar-refractivity contribution in [2.24, 2.45) is 0 Å². The Morgan fingerprint density at radius 1 is 1.08 bits per heavy atom. The van der Waals surface area contributed by atoms with E-state index in [-0.39, 0.29) is 5.56 Å². The van der Waals surface area contributed by atoms with Gasteiger partial charge in [0.25, 0.3) is 0 Å². The Kier molecular flexibility index (Phi) is 3.55. The van der Waals surface area contributed by atoms with Gasteiger partial charge in [-0.15, -0.1) is 5.10 Å². The van der Waals surface area contributed by atoms with E-state index in [2.05, 4.69) is 25.6 Å². The van der Waals surface area contributed by atoms with Crippen LogP contribution < -0.4 is 5.32 Å². The van der Waals surface area contributed by atoms with Crippen LogP contribution in [0, 0.1) is 0 Å². The Morgan fingerprint density at radius 2 is 1.92 bits per heavy atom. The summed E-state index contributed by atoms with van der Waals surface area (Å²) < 4.78 is 1.62. The van der Waals surface area contributed by atoms with Crippen LogP contribution in [0.3, 0.4) is 0 Å². The molecule has 2 heterocycles. The average molecular weight is 332 g/mol. The first-order valence-electron chi connectivity index (χ1n) is 7.45. The molecule has 0 atom stereocenters. The quantitative estimate of drug-likeness (QED) is 0.591. The summed E-state index contributed by atoms with van der Waals surface area (Å²) in [6, 6.07) is 16.0. The zero-order valence-corrected chi connectivity index (χ0v) is 12.9. The van der Waals surface area contributed by atoms with Crippen molar-refractivity contribution in [1.29, 1.82) is 0 Å². The highest BCUT2D eigenvalue weighted by Crippen LogP contribution is 2.18. The van der Waals surface area contributed by atoms with Crippen molar-refractivity contribution in [3.8, 4) is 5.69 Å². The monoisotopic (exact) mass is 332 g/mol. The summed E-state index contributed by atoms with van der Waals surface area (Å²) in [5.74, 6) is -0.666. The highest BCUT2D eigenvalue weighted by Gasteiger charge is 2.10. The Balaban J connectivity index is 1.72. The van der Waals surface area contributed by atoms with Crippen LogP contribution in [0.25, 0.3) is 16.9 Å². The third kappa shape index (κ3) is 2.88. The molecule has 0 aliphatic heterocycles. The number of fused-ring (bicyclic) bond motifs is 1. The van der Waals surface area contributed by atoms with E-state index in [1.165, 1.54) is 12.1 Å². The number of nitrogens with zero attached hydrogens (tertiary/aromatic N) is 5. The van der Waals surface area contributed by atoms with Crippen LogP contribution in [0.5, 0.6) is 0 Å². The lowest BCUT2D eigenvalue weighted by Gasteiger charge is -2.06. The van der Waals surface area contributed by atoms with E-state index in [4.69, 9.17) is 5.11 Å². The molecule has 0 amide bonds. The van der Waals surface area contributed by atoms with Crippen molar-refractivity contribution >= 4 is 28.8 Å². The third-order valence-electron chi connectivity index (χ3n) is 3.56. The molecule has 0 saturated carbocycles. The summed E-state index contributed by atoms with van der Waals surface area (Å²) >= 11 is 0. The number of benzene rings is 2. The van der Waals surface area contributed by atoms with Crippen LogP contribution in [0.2, 0.25) is 0 Å². The van der Waals surface area contributed by atoms with Crippen LogP contribution in [0.15, 0.2) is 60.8 Å². The number of rotatable bonds is 4. The van der Waals surface area contributed by atoms with Gasteiger partial charge in [0, 0.05) is 5.69 Å². The van der Waals surface area contributed by atoms with Gasteiger partial charge in [0.1, 0.15) is 0 Å². The number of anilines is 2. The Morgan fingerprint density at radius 3 is 2.72 bits per heavy atom. The highest BCUT2D eigenvalue weighted by atomic mass is 16.4. The summed E-state index contributed by atoms with van der Waals surface area (Å²) in [4.78, 5) is 19.7. The van der Waals surface area contributed by atoms with Crippen LogP contribution in [-0.4, -0.2) is 36.0 Å². The molecule has 2 aromatic heterocycles. The fourth-order valence-corrected chi connectivity index (χ4v) is 2.39. The molecule has 2 aromatic carbocycles. The molecule has 8 heteroatoms. The van der Waals surface area contributed by atoms with Crippen molar-refractivity contribution < 1.29 is 9.90 Å². The SMILES string of the molecule is O=C(O)c1cccc(Nc2ncc3nnn(-c4ccccc4)c3n2)c1. The normalized spacial score (nSPS) is 10.7. The average Bonchev–Trinajstić information content (AvgIpc) is 3.06. The van der Waals surface area contributed by atoms with Gasteiger partial charge in [0.2, 0.25) is 5.95 Å². The lowest BCUT2D eigenvalue weighted by Crippen LogP contribution is -2.02. The fraction of sp³-hybridized carbons (Fsp3) is 0. The number of nitrogens with one attached hydrogen (secondary N) is 1. The molecule has 2 N–H and O–H groups in total. The number of aromatic carboxylic acids is 1. The van der Waals surface area contributed by atoms with Gasteiger partial charge < -0.3 is 10.4 Å². The molecule has 0 radical (unpaired) electrons. The summed E-state index contributed by atoms with van der Waals surface area (Å²) in [5.41, 5.74) is 2.72. The van der Waals surface area contributed by atoms with E-state index in [0.29, 0.717) is 22.8 Å². The van der Waals surface area contributed by atoms with Crippen molar-refractivity contribution in [3.63, 3.8) is 0 Å². The molecular weight excluding hydrogens is 320 g/mol. The number of hydrogen-bond donors (Lipinski definition) is 2. The molecule has 0 aliphatic carbocycles. The maximum atomic E-state index is 11.1. The second kappa shape index (κ2) is 6.00. The molecule has 0 unspecified atom stereocenters. The fourth-order valence-electron chi connectivity index (χ4n) is 2.39. The maximum absolute atomic E-state index is 11.1. The highest BCUT2D eigenvalue weighted by molar-refractivity contribution is 5.89. The largest absolute Gasteiger partial charge is 0.478 e. The first-order valence-corrected chi connectivity index (χ1v) is 7.45. The minimum atomic E-state index is -0.994. The Hall–Kier alpha value is -3.81. The summed E-state index contributed by atoms with van der Waals surface area (Å²) in [6.45, 7) is 0. The number of carbonyl (C=O) groups is 1. The van der Waals surface area contributed by atoms with Gasteiger partial charge in [-0.05, 0) is 30.3 Å². The third-order valence-corrected chi connectivity index (χ3v) is 3.56. The Bertz CT molecular complexity index is 1060. The second-order valence-corrected chi connectivity index (χ2v) is 5.25. The molecule has 0 saturated heterocycles. The number of hydrogen-bond acceptors (Lipinski definition) is 6. The lowest BCUT2D eigenvalue weighted by molar-refractivity contribution is 0.0697. The zero-order valence-electron chi connectivity index (χ0n) is 12.9. The molecule has 4 rings (SSSR count). The standard InChI is InChI=1S/C17H12N6O2/c24-16(25)11-5-4-6-12(9-11)19-17-18-10-14-15(20-17)23(22-21-14)13-7-2-1-3-8-13/h1-10H,(H,24,25)(H,18,19,20). The first kappa shape index (κ1) is 14.8. The molecular formula is C17H12N6O2. The van der Waals surface area contributed by atoms with Crippen LogP contribution in [0.4, 0.5) is 11.6 Å². The van der Waals surface area contributed by atoms with Gasteiger partial charge in [0.15, 0.2) is 11.2 Å². The Labute approximate surface area is 141 Å². The summed E-state index contributed by atoms with van der Waals surface area (Å²) in [7, 11) is 0. The molecule has 0 aliphatic rings. The van der Waals surface area contributed by atoms with E-state index in [1.54, 1.807) is 23.0 Å². The van der Waals surface area contributed by atoms with Crippen molar-refractivity contribution in [1.82, 2.24) is 25.0 Å². The summed E-state index contributed by atoms with van der Waals surface area (Å²) in [5, 5.41) is 20.3. The van der Waals surface area contributed by atoms with E-state index in [0.717, 1.165) is 5.69 Å². The van der Waals surface area contributed by atoms with Crippen LogP contribution in [0.1, 0.15) is 10.4 Å². The van der Waals surface area contributed by atoms with Crippen molar-refractivity contribution in [3.05, 3.63) is 66.4 Å². The number of carboxylic acids is 1. The van der Waals surface area contributed by atoms with Gasteiger partial charge in [-0.1, -0.05) is 29.5 Å². The van der Waals surface area contributed by atoms with Gasteiger partial charge in [0.05, 0.1) is 17.4 Å².